The molecule has 0 aliphatic rings. The maximum Gasteiger partial charge on any atom is 0.291 e. The molecule has 1 amide bonds. The Kier molecular flexibility index (Phi) is 3.62. The maximum absolute atomic E-state index is 12.0. The van der Waals surface area contributed by atoms with E-state index in [-0.39, 0.29) is 11.7 Å². The predicted octanol–water partition coefficient (Wildman–Crippen LogP) is 3.27. The summed E-state index contributed by atoms with van der Waals surface area (Å²) in [6.45, 7) is 1.81. The van der Waals surface area contributed by atoms with Gasteiger partial charge < -0.3 is 14.8 Å². The number of rotatable bonds is 3. The summed E-state index contributed by atoms with van der Waals surface area (Å²) >= 11 is 1.45. The van der Waals surface area contributed by atoms with E-state index in [2.05, 4.69) is 5.32 Å². The van der Waals surface area contributed by atoms with Crippen LogP contribution in [0.1, 0.15) is 16.1 Å². The van der Waals surface area contributed by atoms with E-state index in [1.807, 2.05) is 13.2 Å². The minimum atomic E-state index is -0.293. The lowest BCUT2D eigenvalue weighted by molar-refractivity contribution is 0.0995. The Hall–Kier alpha value is -1.88. The molecule has 0 atom stereocenters. The van der Waals surface area contributed by atoms with Gasteiger partial charge in [0, 0.05) is 10.5 Å². The highest BCUT2D eigenvalue weighted by atomic mass is 32.2. The summed E-state index contributed by atoms with van der Waals surface area (Å²) in [4.78, 5) is 12.8. The number of hydrogen-bond acceptors (Lipinski definition) is 4. The number of phenolic OH excluding ortho intramolecular Hbond substituents is 1. The lowest BCUT2D eigenvalue weighted by atomic mass is 10.2. The van der Waals surface area contributed by atoms with Crippen molar-refractivity contribution in [1.82, 2.24) is 0 Å². The third-order valence-corrected chi connectivity index (χ3v) is 3.28. The smallest absolute Gasteiger partial charge is 0.291 e. The first kappa shape index (κ1) is 12.6. The Morgan fingerprint density at radius 1 is 1.39 bits per heavy atom. The van der Waals surface area contributed by atoms with Crippen molar-refractivity contribution < 1.29 is 14.3 Å². The number of anilines is 1. The zero-order chi connectivity index (χ0) is 13.1. The highest BCUT2D eigenvalue weighted by molar-refractivity contribution is 7.98. The number of nitrogens with one attached hydrogen (secondary N) is 1. The molecule has 0 aliphatic heterocycles. The van der Waals surface area contributed by atoms with E-state index in [1.165, 1.54) is 24.1 Å². The van der Waals surface area contributed by atoms with Crippen LogP contribution in [-0.4, -0.2) is 17.3 Å². The molecule has 1 heterocycles. The second-order valence-electron chi connectivity index (χ2n) is 3.77. The zero-order valence-corrected chi connectivity index (χ0v) is 10.9. The van der Waals surface area contributed by atoms with Crippen LogP contribution >= 0.6 is 11.8 Å². The molecule has 2 N–H and O–H groups in total. The number of benzene rings is 1. The average Bonchev–Trinajstić information content (AvgIpc) is 2.77. The molecule has 0 fully saturated rings. The molecule has 1 aromatic carbocycles. The number of carbonyl (C=O) groups is 1. The van der Waals surface area contributed by atoms with Crippen molar-refractivity contribution in [2.45, 2.75) is 11.8 Å². The zero-order valence-electron chi connectivity index (χ0n) is 10.1. The summed E-state index contributed by atoms with van der Waals surface area (Å²) in [5.41, 5.74) is 1.44. The lowest BCUT2D eigenvalue weighted by Gasteiger charge is -2.09. The number of amides is 1. The van der Waals surface area contributed by atoms with Crippen molar-refractivity contribution in [3.8, 4) is 5.75 Å². The van der Waals surface area contributed by atoms with Crippen LogP contribution < -0.4 is 5.32 Å². The first-order valence-electron chi connectivity index (χ1n) is 5.34. The van der Waals surface area contributed by atoms with Gasteiger partial charge in [-0.3, -0.25) is 4.79 Å². The fourth-order valence-electron chi connectivity index (χ4n) is 1.57. The summed E-state index contributed by atoms with van der Waals surface area (Å²) < 4.78 is 5.13. The molecule has 2 aromatic rings. The van der Waals surface area contributed by atoms with Gasteiger partial charge in [-0.1, -0.05) is 0 Å². The Balaban J connectivity index is 2.24. The molecule has 4 nitrogen and oxygen atoms in total. The molecule has 2 rings (SSSR count). The van der Waals surface area contributed by atoms with Crippen LogP contribution in [0, 0.1) is 6.92 Å². The topological polar surface area (TPSA) is 62.5 Å². The predicted molar refractivity (Wildman–Crippen MR) is 71.3 cm³/mol. The molecule has 0 aliphatic carbocycles. The van der Waals surface area contributed by atoms with Crippen molar-refractivity contribution in [2.75, 3.05) is 11.6 Å². The Bertz CT molecular complexity index is 577. The standard InChI is InChI=1S/C13H13NO3S/c1-8-5-6-17-12(8)13(16)14-10-4-3-9(15)7-11(10)18-2/h3-7,15H,1-2H3,(H,14,16). The van der Waals surface area contributed by atoms with Crippen LogP contribution in [0.3, 0.4) is 0 Å². The molecule has 0 spiro atoms. The third kappa shape index (κ3) is 2.51. The van der Waals surface area contributed by atoms with E-state index in [1.54, 1.807) is 18.2 Å². The van der Waals surface area contributed by atoms with Crippen molar-refractivity contribution in [2.24, 2.45) is 0 Å². The monoisotopic (exact) mass is 263 g/mol. The molecule has 0 saturated carbocycles. The van der Waals surface area contributed by atoms with Gasteiger partial charge in [-0.25, -0.2) is 0 Å². The third-order valence-electron chi connectivity index (χ3n) is 2.50. The fourth-order valence-corrected chi connectivity index (χ4v) is 2.15. The Morgan fingerprint density at radius 3 is 2.78 bits per heavy atom. The summed E-state index contributed by atoms with van der Waals surface area (Å²) in [6, 6.07) is 6.54. The normalized spacial score (nSPS) is 10.3. The quantitative estimate of drug-likeness (QED) is 0.659. The number of carbonyl (C=O) groups excluding carboxylic acids is 1. The van der Waals surface area contributed by atoms with Gasteiger partial charge in [0.2, 0.25) is 0 Å². The SMILES string of the molecule is CSc1cc(O)ccc1NC(=O)c1occc1C. The minimum absolute atomic E-state index is 0.173. The van der Waals surface area contributed by atoms with Crippen LogP contribution in [0.4, 0.5) is 5.69 Å². The van der Waals surface area contributed by atoms with Crippen molar-refractivity contribution in [3.05, 3.63) is 41.9 Å². The molecule has 5 heteroatoms. The molecule has 0 radical (unpaired) electrons. The van der Waals surface area contributed by atoms with Gasteiger partial charge in [0.15, 0.2) is 5.76 Å². The molecular weight excluding hydrogens is 250 g/mol. The lowest BCUT2D eigenvalue weighted by Crippen LogP contribution is -2.12. The maximum atomic E-state index is 12.0. The van der Waals surface area contributed by atoms with Gasteiger partial charge >= 0.3 is 0 Å². The molecule has 0 bridgehead atoms. The van der Waals surface area contributed by atoms with Gasteiger partial charge in [0.25, 0.3) is 5.91 Å². The van der Waals surface area contributed by atoms with E-state index in [9.17, 15) is 9.90 Å². The first-order chi connectivity index (χ1) is 8.61. The number of furan rings is 1. The molecule has 1 aromatic heterocycles. The largest absolute Gasteiger partial charge is 0.508 e. The number of thioether (sulfide) groups is 1. The van der Waals surface area contributed by atoms with E-state index in [4.69, 9.17) is 4.42 Å². The van der Waals surface area contributed by atoms with Gasteiger partial charge in [0.05, 0.1) is 12.0 Å². The number of aryl methyl sites for hydroxylation is 1. The van der Waals surface area contributed by atoms with E-state index >= 15 is 0 Å². The second-order valence-corrected chi connectivity index (χ2v) is 4.62. The van der Waals surface area contributed by atoms with Gasteiger partial charge in [0.1, 0.15) is 5.75 Å². The van der Waals surface area contributed by atoms with E-state index in [0.717, 1.165) is 10.5 Å². The van der Waals surface area contributed by atoms with Crippen LogP contribution in [0.5, 0.6) is 5.75 Å². The summed E-state index contributed by atoms with van der Waals surface area (Å²) in [6.07, 6.45) is 3.36. The Labute approximate surface area is 109 Å². The number of phenols is 1. The number of hydrogen-bond donors (Lipinski definition) is 2. The van der Waals surface area contributed by atoms with Gasteiger partial charge in [-0.15, -0.1) is 11.8 Å². The first-order valence-corrected chi connectivity index (χ1v) is 6.56. The highest BCUT2D eigenvalue weighted by Crippen LogP contribution is 2.29. The summed E-state index contributed by atoms with van der Waals surface area (Å²) in [7, 11) is 0. The fraction of sp³-hybridized carbons (Fsp3) is 0.154. The molecule has 94 valence electrons. The average molecular weight is 263 g/mol. The molecular formula is C13H13NO3S. The van der Waals surface area contributed by atoms with E-state index < -0.39 is 0 Å². The minimum Gasteiger partial charge on any atom is -0.508 e. The van der Waals surface area contributed by atoms with Crippen molar-refractivity contribution in [1.29, 1.82) is 0 Å². The van der Waals surface area contributed by atoms with Crippen molar-refractivity contribution >= 4 is 23.4 Å². The van der Waals surface area contributed by atoms with Crippen LogP contribution in [-0.2, 0) is 0 Å². The van der Waals surface area contributed by atoms with Crippen LogP contribution in [0.15, 0.2) is 39.8 Å². The van der Waals surface area contributed by atoms with Crippen molar-refractivity contribution in [3.63, 3.8) is 0 Å². The summed E-state index contributed by atoms with van der Waals surface area (Å²) in [5.74, 6) is 0.181. The highest BCUT2D eigenvalue weighted by Gasteiger charge is 2.14. The molecule has 0 saturated heterocycles. The van der Waals surface area contributed by atoms with Crippen LogP contribution in [0.2, 0.25) is 0 Å². The number of aromatic hydroxyl groups is 1. The van der Waals surface area contributed by atoms with Crippen LogP contribution in [0.25, 0.3) is 0 Å². The Morgan fingerprint density at radius 2 is 2.17 bits per heavy atom. The summed E-state index contributed by atoms with van der Waals surface area (Å²) in [5, 5.41) is 12.2. The van der Waals surface area contributed by atoms with Gasteiger partial charge in [-0.05, 0) is 37.4 Å². The second kappa shape index (κ2) is 5.18. The molecule has 18 heavy (non-hydrogen) atoms. The molecule has 0 unspecified atom stereocenters. The van der Waals surface area contributed by atoms with Gasteiger partial charge in [-0.2, -0.15) is 0 Å². The van der Waals surface area contributed by atoms with E-state index in [0.29, 0.717) is 11.4 Å².